The Hall–Kier alpha value is -1.79. The minimum Gasteiger partial charge on any atom is -0.379 e. The van der Waals surface area contributed by atoms with Crippen LogP contribution >= 0.6 is 0 Å². The molecule has 1 heterocycles. The summed E-state index contributed by atoms with van der Waals surface area (Å²) in [4.78, 5) is 18.8. The van der Waals surface area contributed by atoms with E-state index in [1.807, 2.05) is 25.2 Å². The molecule has 2 aliphatic rings. The van der Waals surface area contributed by atoms with Gasteiger partial charge in [0.2, 0.25) is 0 Å². The second-order valence-corrected chi connectivity index (χ2v) is 7.18. The van der Waals surface area contributed by atoms with Crippen LogP contribution in [0.3, 0.4) is 0 Å². The molecule has 2 fully saturated rings. The number of piperazine rings is 1. The number of nitrogens with one attached hydrogen (secondary N) is 1. The number of amides is 2. The molecule has 6 nitrogen and oxygen atoms in total. The number of anilines is 2. The summed E-state index contributed by atoms with van der Waals surface area (Å²) < 4.78 is 5.62. The van der Waals surface area contributed by atoms with E-state index in [4.69, 9.17) is 4.74 Å². The van der Waals surface area contributed by atoms with Crippen molar-refractivity contribution in [1.82, 2.24) is 9.80 Å². The number of rotatable bonds is 7. The molecule has 1 aliphatic carbocycles. The largest absolute Gasteiger partial charge is 0.379 e. The van der Waals surface area contributed by atoms with Crippen LogP contribution in [0.5, 0.6) is 0 Å². The summed E-state index contributed by atoms with van der Waals surface area (Å²) in [6.07, 6.45) is 2.58. The minimum absolute atomic E-state index is 0.0865. The zero-order chi connectivity index (χ0) is 17.6. The Labute approximate surface area is 150 Å². The summed E-state index contributed by atoms with van der Waals surface area (Å²) in [6.45, 7) is 6.08. The predicted molar refractivity (Wildman–Crippen MR) is 101 cm³/mol. The SMILES string of the molecule is CN1CCN(c2ccccc2NC(=O)N(C)CCOCC2CC2)CC1. The first-order chi connectivity index (χ1) is 12.1. The van der Waals surface area contributed by atoms with Gasteiger partial charge in [-0.2, -0.15) is 0 Å². The van der Waals surface area contributed by atoms with E-state index in [1.165, 1.54) is 12.8 Å². The van der Waals surface area contributed by atoms with E-state index in [2.05, 4.69) is 28.2 Å². The standard InChI is InChI=1S/C19H30N4O2/c1-21-9-11-23(12-10-21)18-6-4-3-5-17(18)20-19(24)22(2)13-14-25-15-16-7-8-16/h3-6,16H,7-15H2,1-2H3,(H,20,24). The van der Waals surface area contributed by atoms with Gasteiger partial charge < -0.3 is 24.8 Å². The van der Waals surface area contributed by atoms with Crippen molar-refractivity contribution in [2.75, 3.05) is 70.2 Å². The molecule has 0 aromatic heterocycles. The van der Waals surface area contributed by atoms with Crippen LogP contribution in [0.15, 0.2) is 24.3 Å². The molecule has 1 N–H and O–H groups in total. The number of urea groups is 1. The first-order valence-corrected chi connectivity index (χ1v) is 9.26. The number of benzene rings is 1. The molecule has 0 spiro atoms. The van der Waals surface area contributed by atoms with E-state index in [1.54, 1.807) is 4.90 Å². The Morgan fingerprint density at radius 2 is 1.96 bits per heavy atom. The third-order valence-corrected chi connectivity index (χ3v) is 4.96. The molecule has 6 heteroatoms. The summed E-state index contributed by atoms with van der Waals surface area (Å²) in [5, 5.41) is 3.06. The van der Waals surface area contributed by atoms with Crippen molar-refractivity contribution in [3.05, 3.63) is 24.3 Å². The highest BCUT2D eigenvalue weighted by Crippen LogP contribution is 2.29. The molecule has 1 saturated carbocycles. The van der Waals surface area contributed by atoms with Gasteiger partial charge in [0.05, 0.1) is 18.0 Å². The fraction of sp³-hybridized carbons (Fsp3) is 0.632. The maximum atomic E-state index is 12.5. The Morgan fingerprint density at radius 1 is 1.24 bits per heavy atom. The zero-order valence-electron chi connectivity index (χ0n) is 15.4. The number of carbonyl (C=O) groups excluding carboxylic acids is 1. The predicted octanol–water partition coefficient (Wildman–Crippen LogP) is 2.33. The van der Waals surface area contributed by atoms with Crippen LogP contribution in [-0.2, 0) is 4.74 Å². The van der Waals surface area contributed by atoms with Gasteiger partial charge in [-0.25, -0.2) is 4.79 Å². The van der Waals surface area contributed by atoms with Crippen LogP contribution in [0.25, 0.3) is 0 Å². The van der Waals surface area contributed by atoms with Gasteiger partial charge in [-0.15, -0.1) is 0 Å². The molecule has 1 aromatic carbocycles. The van der Waals surface area contributed by atoms with Crippen molar-refractivity contribution < 1.29 is 9.53 Å². The summed E-state index contributed by atoms with van der Waals surface area (Å²) in [5.74, 6) is 0.759. The van der Waals surface area contributed by atoms with Crippen molar-refractivity contribution in [3.8, 4) is 0 Å². The number of carbonyl (C=O) groups is 1. The minimum atomic E-state index is -0.0865. The van der Waals surface area contributed by atoms with Crippen molar-refractivity contribution >= 4 is 17.4 Å². The number of likely N-dealkylation sites (N-methyl/N-ethyl adjacent to an activating group) is 2. The molecule has 3 rings (SSSR count). The van der Waals surface area contributed by atoms with Crippen LogP contribution in [0.4, 0.5) is 16.2 Å². The topological polar surface area (TPSA) is 48.0 Å². The lowest BCUT2D eigenvalue weighted by Gasteiger charge is -2.35. The molecule has 25 heavy (non-hydrogen) atoms. The molecule has 0 bridgehead atoms. The van der Waals surface area contributed by atoms with Gasteiger partial charge in [0.25, 0.3) is 0 Å². The van der Waals surface area contributed by atoms with Gasteiger partial charge in [0.1, 0.15) is 0 Å². The average Bonchev–Trinajstić information content (AvgIpc) is 3.44. The third kappa shape index (κ3) is 5.34. The van der Waals surface area contributed by atoms with Crippen LogP contribution in [0.2, 0.25) is 0 Å². The molecule has 138 valence electrons. The zero-order valence-corrected chi connectivity index (χ0v) is 15.4. The highest BCUT2D eigenvalue weighted by atomic mass is 16.5. The summed E-state index contributed by atoms with van der Waals surface area (Å²) in [7, 11) is 3.96. The van der Waals surface area contributed by atoms with E-state index in [0.717, 1.165) is 50.1 Å². The van der Waals surface area contributed by atoms with E-state index in [0.29, 0.717) is 13.2 Å². The lowest BCUT2D eigenvalue weighted by molar-refractivity contribution is 0.109. The van der Waals surface area contributed by atoms with Gasteiger partial charge in [-0.05, 0) is 37.9 Å². The quantitative estimate of drug-likeness (QED) is 0.770. The fourth-order valence-electron chi connectivity index (χ4n) is 2.95. The molecule has 0 radical (unpaired) electrons. The molecule has 1 saturated heterocycles. The van der Waals surface area contributed by atoms with Crippen molar-refractivity contribution in [2.45, 2.75) is 12.8 Å². The van der Waals surface area contributed by atoms with Crippen molar-refractivity contribution in [2.24, 2.45) is 5.92 Å². The van der Waals surface area contributed by atoms with Crippen LogP contribution in [0.1, 0.15) is 12.8 Å². The van der Waals surface area contributed by atoms with Crippen LogP contribution in [-0.4, -0.2) is 75.9 Å². The van der Waals surface area contributed by atoms with E-state index in [-0.39, 0.29) is 6.03 Å². The fourth-order valence-corrected chi connectivity index (χ4v) is 2.95. The molecule has 0 unspecified atom stereocenters. The summed E-state index contributed by atoms with van der Waals surface area (Å²) in [5.41, 5.74) is 1.98. The molecule has 1 aromatic rings. The second kappa shape index (κ2) is 8.54. The lowest BCUT2D eigenvalue weighted by Crippen LogP contribution is -2.45. The van der Waals surface area contributed by atoms with E-state index in [9.17, 15) is 4.79 Å². The van der Waals surface area contributed by atoms with Crippen LogP contribution < -0.4 is 10.2 Å². The van der Waals surface area contributed by atoms with Gasteiger partial charge in [-0.3, -0.25) is 0 Å². The number of nitrogens with zero attached hydrogens (tertiary/aromatic N) is 3. The monoisotopic (exact) mass is 346 g/mol. The Morgan fingerprint density at radius 3 is 2.68 bits per heavy atom. The maximum absolute atomic E-state index is 12.5. The smallest absolute Gasteiger partial charge is 0.321 e. The second-order valence-electron chi connectivity index (χ2n) is 7.18. The van der Waals surface area contributed by atoms with Gasteiger partial charge in [0.15, 0.2) is 0 Å². The maximum Gasteiger partial charge on any atom is 0.321 e. The van der Waals surface area contributed by atoms with Crippen molar-refractivity contribution in [1.29, 1.82) is 0 Å². The number of ether oxygens (including phenoxy) is 1. The van der Waals surface area contributed by atoms with Crippen LogP contribution in [0, 0.1) is 5.92 Å². The Bertz CT molecular complexity index is 568. The van der Waals surface area contributed by atoms with Gasteiger partial charge >= 0.3 is 6.03 Å². The highest BCUT2D eigenvalue weighted by molar-refractivity contribution is 5.93. The van der Waals surface area contributed by atoms with Crippen molar-refractivity contribution in [3.63, 3.8) is 0 Å². The number of para-hydroxylation sites is 2. The van der Waals surface area contributed by atoms with E-state index >= 15 is 0 Å². The molecule has 2 amide bonds. The number of hydrogen-bond donors (Lipinski definition) is 1. The van der Waals surface area contributed by atoms with E-state index < -0.39 is 0 Å². The third-order valence-electron chi connectivity index (χ3n) is 4.96. The molecule has 1 aliphatic heterocycles. The highest BCUT2D eigenvalue weighted by Gasteiger charge is 2.21. The summed E-state index contributed by atoms with van der Waals surface area (Å²) >= 11 is 0. The average molecular weight is 346 g/mol. The summed E-state index contributed by atoms with van der Waals surface area (Å²) in [6, 6.07) is 7.96. The van der Waals surface area contributed by atoms with Gasteiger partial charge in [0, 0.05) is 46.4 Å². The molecular weight excluding hydrogens is 316 g/mol. The Kier molecular flexibility index (Phi) is 6.15. The first-order valence-electron chi connectivity index (χ1n) is 9.26. The van der Waals surface area contributed by atoms with Gasteiger partial charge in [-0.1, -0.05) is 12.1 Å². The molecular formula is C19H30N4O2. The first kappa shape index (κ1) is 18.0. The number of hydrogen-bond acceptors (Lipinski definition) is 4. The Balaban J connectivity index is 1.51. The lowest BCUT2D eigenvalue weighted by atomic mass is 10.2. The molecule has 0 atom stereocenters. The normalized spacial score (nSPS) is 18.2.